The Morgan fingerprint density at radius 2 is 2.25 bits per heavy atom. The molecule has 3 N–H and O–H groups in total. The molecule has 2 aromatic heterocycles. The van der Waals surface area contributed by atoms with Gasteiger partial charge >= 0.3 is 0 Å². The first-order valence-electron chi connectivity index (χ1n) is 6.70. The van der Waals surface area contributed by atoms with Gasteiger partial charge < -0.3 is 4.90 Å². The summed E-state index contributed by atoms with van der Waals surface area (Å²) in [6.45, 7) is 0.951. The van der Waals surface area contributed by atoms with Crippen LogP contribution in [-0.4, -0.2) is 38.3 Å². The van der Waals surface area contributed by atoms with E-state index in [9.17, 15) is 0 Å². The number of nitrogens with one attached hydrogen (secondary N) is 1. The summed E-state index contributed by atoms with van der Waals surface area (Å²) >= 11 is 0. The van der Waals surface area contributed by atoms with Gasteiger partial charge in [0.25, 0.3) is 5.95 Å². The van der Waals surface area contributed by atoms with Crippen LogP contribution < -0.4 is 16.2 Å². The van der Waals surface area contributed by atoms with Crippen molar-refractivity contribution in [1.82, 2.24) is 24.7 Å². The van der Waals surface area contributed by atoms with Gasteiger partial charge in [0.05, 0.1) is 0 Å². The van der Waals surface area contributed by atoms with E-state index in [-0.39, 0.29) is 0 Å². The number of nitrogens with zero attached hydrogens (tertiary/aromatic N) is 6. The van der Waals surface area contributed by atoms with Crippen LogP contribution in [-0.2, 0) is 0 Å². The topological polar surface area (TPSA) is 97.8 Å². The van der Waals surface area contributed by atoms with Crippen molar-refractivity contribution in [3.63, 3.8) is 0 Å². The predicted molar refractivity (Wildman–Crippen MR) is 75.4 cm³/mol. The predicted octanol–water partition coefficient (Wildman–Crippen LogP) is 0.579. The van der Waals surface area contributed by atoms with E-state index in [1.54, 1.807) is 17.1 Å². The zero-order chi connectivity index (χ0) is 13.9. The third-order valence-electron chi connectivity index (χ3n) is 3.55. The Morgan fingerprint density at radius 1 is 1.40 bits per heavy atom. The van der Waals surface area contributed by atoms with E-state index in [1.807, 2.05) is 18.0 Å². The van der Waals surface area contributed by atoms with Crippen molar-refractivity contribution < 1.29 is 0 Å². The highest BCUT2D eigenvalue weighted by atomic mass is 15.4. The SMILES string of the molecule is CN(CC1CCC1)c1nc(NN)nc(-n2cccn2)n1. The Morgan fingerprint density at radius 3 is 2.85 bits per heavy atom. The van der Waals surface area contributed by atoms with Crippen LogP contribution in [0.4, 0.5) is 11.9 Å². The molecule has 8 heteroatoms. The van der Waals surface area contributed by atoms with Gasteiger partial charge in [-0.2, -0.15) is 20.1 Å². The Bertz CT molecular complexity index is 563. The van der Waals surface area contributed by atoms with Gasteiger partial charge in [-0.25, -0.2) is 10.5 Å². The molecule has 2 heterocycles. The van der Waals surface area contributed by atoms with E-state index >= 15 is 0 Å². The molecule has 0 aromatic carbocycles. The van der Waals surface area contributed by atoms with Crippen LogP contribution in [0.2, 0.25) is 0 Å². The highest BCUT2D eigenvalue weighted by Crippen LogP contribution is 2.27. The second-order valence-electron chi connectivity index (χ2n) is 5.03. The number of hydrazine groups is 1. The molecular formula is C12H18N8. The quantitative estimate of drug-likeness (QED) is 0.608. The summed E-state index contributed by atoms with van der Waals surface area (Å²) in [5.74, 6) is 7.55. The van der Waals surface area contributed by atoms with Crippen LogP contribution in [0.1, 0.15) is 19.3 Å². The molecule has 1 aliphatic rings. The van der Waals surface area contributed by atoms with Crippen LogP contribution in [0, 0.1) is 5.92 Å². The molecule has 0 bridgehead atoms. The van der Waals surface area contributed by atoms with Crippen molar-refractivity contribution in [3.8, 4) is 5.95 Å². The third-order valence-corrected chi connectivity index (χ3v) is 3.55. The molecule has 8 nitrogen and oxygen atoms in total. The van der Waals surface area contributed by atoms with Gasteiger partial charge in [0.2, 0.25) is 11.9 Å². The minimum Gasteiger partial charge on any atom is -0.343 e. The Labute approximate surface area is 117 Å². The molecule has 1 fully saturated rings. The van der Waals surface area contributed by atoms with Crippen molar-refractivity contribution >= 4 is 11.9 Å². The number of aromatic nitrogens is 5. The minimum atomic E-state index is 0.334. The first-order chi connectivity index (χ1) is 9.76. The molecule has 0 radical (unpaired) electrons. The average molecular weight is 274 g/mol. The van der Waals surface area contributed by atoms with Crippen LogP contribution in [0.25, 0.3) is 5.95 Å². The van der Waals surface area contributed by atoms with Gasteiger partial charge in [-0.05, 0) is 24.8 Å². The molecule has 0 atom stereocenters. The molecule has 0 saturated heterocycles. The molecule has 0 aliphatic heterocycles. The molecular weight excluding hydrogens is 256 g/mol. The number of anilines is 2. The van der Waals surface area contributed by atoms with Crippen molar-refractivity contribution in [2.75, 3.05) is 23.9 Å². The van der Waals surface area contributed by atoms with Crippen molar-refractivity contribution in [2.24, 2.45) is 11.8 Å². The van der Waals surface area contributed by atoms with Gasteiger partial charge in [0.15, 0.2) is 0 Å². The highest BCUT2D eigenvalue weighted by molar-refractivity contribution is 5.38. The molecule has 1 aliphatic carbocycles. The van der Waals surface area contributed by atoms with Gasteiger partial charge in [-0.3, -0.25) is 5.43 Å². The van der Waals surface area contributed by atoms with Crippen molar-refractivity contribution in [3.05, 3.63) is 18.5 Å². The second-order valence-corrected chi connectivity index (χ2v) is 5.03. The zero-order valence-corrected chi connectivity index (χ0v) is 11.4. The summed E-state index contributed by atoms with van der Waals surface area (Å²) in [6, 6.07) is 1.82. The number of nitrogen functional groups attached to an aromatic ring is 1. The first kappa shape index (κ1) is 12.8. The van der Waals surface area contributed by atoms with E-state index in [2.05, 4.69) is 25.5 Å². The third kappa shape index (κ3) is 2.55. The molecule has 106 valence electrons. The highest BCUT2D eigenvalue weighted by Gasteiger charge is 2.21. The molecule has 0 spiro atoms. The second kappa shape index (κ2) is 5.41. The maximum absolute atomic E-state index is 5.43. The van der Waals surface area contributed by atoms with E-state index < -0.39 is 0 Å². The van der Waals surface area contributed by atoms with E-state index in [0.717, 1.165) is 12.5 Å². The maximum atomic E-state index is 5.43. The lowest BCUT2D eigenvalue weighted by atomic mass is 9.85. The monoisotopic (exact) mass is 274 g/mol. The van der Waals surface area contributed by atoms with Crippen LogP contribution in [0.5, 0.6) is 0 Å². The van der Waals surface area contributed by atoms with Crippen molar-refractivity contribution in [2.45, 2.75) is 19.3 Å². The Kier molecular flexibility index (Phi) is 3.46. The zero-order valence-electron chi connectivity index (χ0n) is 11.4. The number of nitrogens with two attached hydrogens (primary N) is 1. The first-order valence-corrected chi connectivity index (χ1v) is 6.70. The summed E-state index contributed by atoms with van der Waals surface area (Å²) in [5.41, 5.74) is 2.48. The molecule has 0 unspecified atom stereocenters. The van der Waals surface area contributed by atoms with Crippen molar-refractivity contribution in [1.29, 1.82) is 0 Å². The molecule has 20 heavy (non-hydrogen) atoms. The summed E-state index contributed by atoms with van der Waals surface area (Å²) in [4.78, 5) is 15.0. The number of hydrogen-bond donors (Lipinski definition) is 2. The molecule has 1 saturated carbocycles. The fourth-order valence-corrected chi connectivity index (χ4v) is 2.22. The molecule has 2 aromatic rings. The Balaban J connectivity index is 1.87. The largest absolute Gasteiger partial charge is 0.343 e. The van der Waals surface area contributed by atoms with Crippen LogP contribution in [0.3, 0.4) is 0 Å². The normalized spacial score (nSPS) is 14.9. The standard InChI is InChI=1S/C12H18N8/c1-19(8-9-4-2-5-9)11-15-10(18-13)16-12(17-11)20-7-3-6-14-20/h3,6-7,9H,2,4-5,8,13H2,1H3,(H,15,16,17,18). The maximum Gasteiger partial charge on any atom is 0.257 e. The molecule has 0 amide bonds. The van der Waals surface area contributed by atoms with E-state index in [0.29, 0.717) is 17.8 Å². The van der Waals surface area contributed by atoms with Crippen LogP contribution >= 0.6 is 0 Å². The van der Waals surface area contributed by atoms with Gasteiger partial charge in [0.1, 0.15) is 0 Å². The fraction of sp³-hybridized carbons (Fsp3) is 0.500. The van der Waals surface area contributed by atoms with E-state index in [1.165, 1.54) is 19.3 Å². The van der Waals surface area contributed by atoms with Gasteiger partial charge in [-0.15, -0.1) is 0 Å². The Hall–Kier alpha value is -2.22. The van der Waals surface area contributed by atoms with Gasteiger partial charge in [-0.1, -0.05) is 6.42 Å². The number of rotatable bonds is 5. The van der Waals surface area contributed by atoms with E-state index in [4.69, 9.17) is 5.84 Å². The fourth-order valence-electron chi connectivity index (χ4n) is 2.22. The lowest BCUT2D eigenvalue weighted by Gasteiger charge is -2.30. The van der Waals surface area contributed by atoms with Gasteiger partial charge in [0, 0.05) is 26.0 Å². The lowest BCUT2D eigenvalue weighted by Crippen LogP contribution is -2.31. The minimum absolute atomic E-state index is 0.334. The summed E-state index contributed by atoms with van der Waals surface area (Å²) in [7, 11) is 1.99. The smallest absolute Gasteiger partial charge is 0.257 e. The lowest BCUT2D eigenvalue weighted by molar-refractivity contribution is 0.320. The molecule has 3 rings (SSSR count). The summed E-state index contributed by atoms with van der Waals surface area (Å²) in [5, 5.41) is 4.13. The summed E-state index contributed by atoms with van der Waals surface area (Å²) in [6.07, 6.45) is 7.35. The summed E-state index contributed by atoms with van der Waals surface area (Å²) < 4.78 is 1.59. The number of hydrogen-bond acceptors (Lipinski definition) is 7. The van der Waals surface area contributed by atoms with Crippen LogP contribution in [0.15, 0.2) is 18.5 Å². The average Bonchev–Trinajstić information content (AvgIpc) is 2.96.